The van der Waals surface area contributed by atoms with Crippen LogP contribution in [-0.4, -0.2) is 18.0 Å². The SMILES string of the molecule is CCC(=O)N(C(=O)NC(C)C)c1ccccc1. The number of nitrogens with zero attached hydrogens (tertiary/aromatic N) is 1. The second-order valence-corrected chi connectivity index (χ2v) is 4.02. The summed E-state index contributed by atoms with van der Waals surface area (Å²) in [6.45, 7) is 5.45. The van der Waals surface area contributed by atoms with E-state index in [0.29, 0.717) is 12.1 Å². The van der Waals surface area contributed by atoms with Crippen LogP contribution in [0.4, 0.5) is 10.5 Å². The zero-order valence-corrected chi connectivity index (χ0v) is 10.4. The molecule has 4 nitrogen and oxygen atoms in total. The molecular formula is C13H18N2O2. The van der Waals surface area contributed by atoms with Crippen molar-refractivity contribution in [3.05, 3.63) is 30.3 Å². The van der Waals surface area contributed by atoms with E-state index >= 15 is 0 Å². The van der Waals surface area contributed by atoms with Gasteiger partial charge in [0, 0.05) is 12.5 Å². The number of carbonyl (C=O) groups is 2. The average molecular weight is 234 g/mol. The first kappa shape index (κ1) is 13.2. The fraction of sp³-hybridized carbons (Fsp3) is 0.385. The Bertz CT molecular complexity index is 388. The van der Waals surface area contributed by atoms with Crippen LogP contribution in [0, 0.1) is 0 Å². The molecule has 0 fully saturated rings. The van der Waals surface area contributed by atoms with Crippen molar-refractivity contribution >= 4 is 17.6 Å². The van der Waals surface area contributed by atoms with E-state index in [-0.39, 0.29) is 18.0 Å². The number of nitrogens with one attached hydrogen (secondary N) is 1. The number of imide groups is 1. The van der Waals surface area contributed by atoms with Gasteiger partial charge in [0.2, 0.25) is 5.91 Å². The molecule has 17 heavy (non-hydrogen) atoms. The zero-order valence-electron chi connectivity index (χ0n) is 10.4. The molecule has 0 aliphatic carbocycles. The normalized spacial score (nSPS) is 10.1. The molecule has 0 aliphatic heterocycles. The van der Waals surface area contributed by atoms with Crippen LogP contribution in [0.2, 0.25) is 0 Å². The molecule has 1 rings (SSSR count). The van der Waals surface area contributed by atoms with Crippen LogP contribution >= 0.6 is 0 Å². The lowest BCUT2D eigenvalue weighted by molar-refractivity contribution is -0.117. The molecule has 0 heterocycles. The highest BCUT2D eigenvalue weighted by atomic mass is 16.2. The lowest BCUT2D eigenvalue weighted by Crippen LogP contribution is -2.46. The van der Waals surface area contributed by atoms with Crippen molar-refractivity contribution in [3.63, 3.8) is 0 Å². The van der Waals surface area contributed by atoms with E-state index in [0.717, 1.165) is 0 Å². The van der Waals surface area contributed by atoms with Crippen LogP contribution in [0.3, 0.4) is 0 Å². The van der Waals surface area contributed by atoms with Crippen LogP contribution in [0.25, 0.3) is 0 Å². The number of para-hydroxylation sites is 1. The molecule has 0 atom stereocenters. The molecule has 1 aromatic rings. The molecule has 0 radical (unpaired) electrons. The monoisotopic (exact) mass is 234 g/mol. The van der Waals surface area contributed by atoms with E-state index in [2.05, 4.69) is 5.32 Å². The number of benzene rings is 1. The highest BCUT2D eigenvalue weighted by molar-refractivity contribution is 6.14. The Morgan fingerprint density at radius 2 is 1.82 bits per heavy atom. The Balaban J connectivity index is 2.97. The molecule has 0 bridgehead atoms. The van der Waals surface area contributed by atoms with E-state index in [1.807, 2.05) is 19.9 Å². The summed E-state index contributed by atoms with van der Waals surface area (Å²) in [4.78, 5) is 24.9. The highest BCUT2D eigenvalue weighted by Crippen LogP contribution is 2.14. The van der Waals surface area contributed by atoms with Crippen LogP contribution in [0.15, 0.2) is 30.3 Å². The fourth-order valence-electron chi connectivity index (χ4n) is 1.42. The Labute approximate surface area is 102 Å². The van der Waals surface area contributed by atoms with E-state index in [1.54, 1.807) is 31.2 Å². The summed E-state index contributed by atoms with van der Waals surface area (Å²) in [5.74, 6) is -0.214. The molecule has 3 amide bonds. The van der Waals surface area contributed by atoms with Crippen LogP contribution in [-0.2, 0) is 4.79 Å². The molecular weight excluding hydrogens is 216 g/mol. The van der Waals surface area contributed by atoms with Crippen molar-refractivity contribution in [2.75, 3.05) is 4.90 Å². The summed E-state index contributed by atoms with van der Waals surface area (Å²) in [6.07, 6.45) is 0.292. The molecule has 0 spiro atoms. The molecule has 0 aliphatic rings. The minimum Gasteiger partial charge on any atom is -0.335 e. The molecule has 0 aromatic heterocycles. The predicted molar refractivity (Wildman–Crippen MR) is 67.9 cm³/mol. The van der Waals surface area contributed by atoms with Crippen LogP contribution < -0.4 is 10.2 Å². The Hall–Kier alpha value is -1.84. The summed E-state index contributed by atoms with van der Waals surface area (Å²) in [6, 6.07) is 8.55. The van der Waals surface area contributed by atoms with Crippen LogP contribution in [0.5, 0.6) is 0 Å². The summed E-state index contributed by atoms with van der Waals surface area (Å²) >= 11 is 0. The number of urea groups is 1. The topological polar surface area (TPSA) is 49.4 Å². The van der Waals surface area contributed by atoms with Crippen molar-refractivity contribution in [1.29, 1.82) is 0 Å². The summed E-state index contributed by atoms with van der Waals surface area (Å²) < 4.78 is 0. The van der Waals surface area contributed by atoms with Gasteiger partial charge in [-0.25, -0.2) is 9.69 Å². The molecule has 92 valence electrons. The number of anilines is 1. The van der Waals surface area contributed by atoms with E-state index in [4.69, 9.17) is 0 Å². The predicted octanol–water partition coefficient (Wildman–Crippen LogP) is 2.55. The smallest absolute Gasteiger partial charge is 0.328 e. The van der Waals surface area contributed by atoms with Gasteiger partial charge in [-0.1, -0.05) is 25.1 Å². The minimum absolute atomic E-state index is 0.00151. The fourth-order valence-corrected chi connectivity index (χ4v) is 1.42. The van der Waals surface area contributed by atoms with Gasteiger partial charge in [-0.05, 0) is 26.0 Å². The lowest BCUT2D eigenvalue weighted by Gasteiger charge is -2.22. The third-order valence-corrected chi connectivity index (χ3v) is 2.18. The maximum absolute atomic E-state index is 11.9. The van der Waals surface area contributed by atoms with Crippen LogP contribution in [0.1, 0.15) is 27.2 Å². The summed E-state index contributed by atoms with van der Waals surface area (Å²) in [5.41, 5.74) is 0.595. The second-order valence-electron chi connectivity index (χ2n) is 4.02. The van der Waals surface area contributed by atoms with Crippen molar-refractivity contribution in [3.8, 4) is 0 Å². The number of rotatable bonds is 3. The van der Waals surface area contributed by atoms with Crippen molar-refractivity contribution in [2.45, 2.75) is 33.2 Å². The first-order valence-electron chi connectivity index (χ1n) is 5.74. The molecule has 1 aromatic carbocycles. The number of amides is 3. The highest BCUT2D eigenvalue weighted by Gasteiger charge is 2.21. The maximum atomic E-state index is 11.9. The minimum atomic E-state index is -0.377. The maximum Gasteiger partial charge on any atom is 0.328 e. The van der Waals surface area contributed by atoms with E-state index in [1.165, 1.54) is 4.90 Å². The first-order chi connectivity index (χ1) is 8.06. The molecule has 0 saturated carbocycles. The second kappa shape index (κ2) is 6.03. The van der Waals surface area contributed by atoms with E-state index < -0.39 is 0 Å². The average Bonchev–Trinajstić information content (AvgIpc) is 2.29. The largest absolute Gasteiger partial charge is 0.335 e. The van der Waals surface area contributed by atoms with Gasteiger partial charge in [-0.15, -0.1) is 0 Å². The van der Waals surface area contributed by atoms with Gasteiger partial charge in [0.25, 0.3) is 0 Å². The molecule has 0 unspecified atom stereocenters. The van der Waals surface area contributed by atoms with Crippen molar-refractivity contribution in [1.82, 2.24) is 5.32 Å². The Morgan fingerprint density at radius 3 is 2.29 bits per heavy atom. The standard InChI is InChI=1S/C13H18N2O2/c1-4-12(16)15(13(17)14-10(2)3)11-8-6-5-7-9-11/h5-10H,4H2,1-3H3,(H,14,17). The van der Waals surface area contributed by atoms with Crippen molar-refractivity contribution in [2.24, 2.45) is 0 Å². The molecule has 0 saturated heterocycles. The number of hydrogen-bond donors (Lipinski definition) is 1. The molecule has 4 heteroatoms. The first-order valence-corrected chi connectivity index (χ1v) is 5.74. The Kier molecular flexibility index (Phi) is 4.69. The van der Waals surface area contributed by atoms with Gasteiger partial charge in [0.1, 0.15) is 0 Å². The van der Waals surface area contributed by atoms with Gasteiger partial charge in [-0.3, -0.25) is 4.79 Å². The summed E-state index contributed by atoms with van der Waals surface area (Å²) in [5, 5.41) is 2.72. The number of hydrogen-bond acceptors (Lipinski definition) is 2. The lowest BCUT2D eigenvalue weighted by atomic mass is 10.2. The van der Waals surface area contributed by atoms with Gasteiger partial charge in [0.05, 0.1) is 5.69 Å². The quantitative estimate of drug-likeness (QED) is 0.873. The van der Waals surface area contributed by atoms with Gasteiger partial charge >= 0.3 is 6.03 Å². The van der Waals surface area contributed by atoms with Gasteiger partial charge in [0.15, 0.2) is 0 Å². The van der Waals surface area contributed by atoms with E-state index in [9.17, 15) is 9.59 Å². The Morgan fingerprint density at radius 1 is 1.24 bits per heavy atom. The zero-order chi connectivity index (χ0) is 12.8. The third kappa shape index (κ3) is 3.59. The van der Waals surface area contributed by atoms with Gasteiger partial charge < -0.3 is 5.32 Å². The third-order valence-electron chi connectivity index (χ3n) is 2.18. The summed E-state index contributed by atoms with van der Waals surface area (Å²) in [7, 11) is 0. The number of carbonyl (C=O) groups excluding carboxylic acids is 2. The van der Waals surface area contributed by atoms with Crippen molar-refractivity contribution < 1.29 is 9.59 Å². The van der Waals surface area contributed by atoms with Gasteiger partial charge in [-0.2, -0.15) is 0 Å². The molecule has 1 N–H and O–H groups in total.